The molecule has 3 rings (SSSR count). The molecule has 0 N–H and O–H groups in total. The third kappa shape index (κ3) is 2.33. The second-order valence-corrected chi connectivity index (χ2v) is 5.66. The first-order valence-corrected chi connectivity index (χ1v) is 6.96. The van der Waals surface area contributed by atoms with Gasteiger partial charge in [-0.2, -0.15) is 0 Å². The lowest BCUT2D eigenvalue weighted by molar-refractivity contribution is 0.591. The van der Waals surface area contributed by atoms with E-state index in [2.05, 4.69) is 0 Å². The standard InChI is InChI=1S/C16H18N2O2/c1-11-3-6-14(12(2)9-11)18-8-7-17(10-13-4-5-13)15(19)16(18)20/h3,6-9,13H,4-5,10H2,1-2H3. The summed E-state index contributed by atoms with van der Waals surface area (Å²) in [6.45, 7) is 4.62. The average Bonchev–Trinajstić information content (AvgIpc) is 3.21. The molecule has 0 saturated heterocycles. The van der Waals surface area contributed by atoms with Crippen LogP contribution < -0.4 is 11.1 Å². The van der Waals surface area contributed by atoms with Crippen LogP contribution in [0.2, 0.25) is 0 Å². The first-order valence-electron chi connectivity index (χ1n) is 6.96. The molecule has 1 aromatic heterocycles. The summed E-state index contributed by atoms with van der Waals surface area (Å²) >= 11 is 0. The Morgan fingerprint density at radius 1 is 1.10 bits per heavy atom. The van der Waals surface area contributed by atoms with Gasteiger partial charge in [-0.05, 0) is 44.2 Å². The Balaban J connectivity index is 2.08. The number of nitrogens with zero attached hydrogens (tertiary/aromatic N) is 2. The molecule has 1 fully saturated rings. The van der Waals surface area contributed by atoms with Gasteiger partial charge in [0.2, 0.25) is 0 Å². The lowest BCUT2D eigenvalue weighted by atomic mass is 10.1. The third-order valence-corrected chi connectivity index (χ3v) is 3.82. The van der Waals surface area contributed by atoms with Crippen molar-refractivity contribution in [2.45, 2.75) is 33.2 Å². The van der Waals surface area contributed by atoms with Crippen LogP contribution in [0, 0.1) is 19.8 Å². The zero-order chi connectivity index (χ0) is 14.3. The van der Waals surface area contributed by atoms with E-state index in [1.165, 1.54) is 4.57 Å². The van der Waals surface area contributed by atoms with Crippen molar-refractivity contribution in [1.29, 1.82) is 0 Å². The highest BCUT2D eigenvalue weighted by Crippen LogP contribution is 2.29. The molecule has 0 aliphatic heterocycles. The number of benzene rings is 1. The summed E-state index contributed by atoms with van der Waals surface area (Å²) < 4.78 is 2.99. The molecule has 0 atom stereocenters. The Labute approximate surface area is 117 Å². The van der Waals surface area contributed by atoms with Crippen LogP contribution in [0.1, 0.15) is 24.0 Å². The zero-order valence-corrected chi connectivity index (χ0v) is 11.8. The summed E-state index contributed by atoms with van der Waals surface area (Å²) in [5, 5.41) is 0. The molecule has 0 radical (unpaired) electrons. The maximum absolute atomic E-state index is 12.3. The van der Waals surface area contributed by atoms with Gasteiger partial charge in [-0.3, -0.25) is 14.2 Å². The molecule has 1 aliphatic rings. The molecular formula is C16H18N2O2. The SMILES string of the molecule is Cc1ccc(-n2ccn(CC3CC3)c(=O)c2=O)c(C)c1. The fourth-order valence-electron chi connectivity index (χ4n) is 2.50. The monoisotopic (exact) mass is 270 g/mol. The van der Waals surface area contributed by atoms with E-state index in [0.29, 0.717) is 12.5 Å². The van der Waals surface area contributed by atoms with E-state index in [1.54, 1.807) is 17.0 Å². The molecule has 1 heterocycles. The van der Waals surface area contributed by atoms with E-state index in [0.717, 1.165) is 29.7 Å². The molecule has 4 nitrogen and oxygen atoms in total. The van der Waals surface area contributed by atoms with Gasteiger partial charge < -0.3 is 4.57 Å². The average molecular weight is 270 g/mol. The van der Waals surface area contributed by atoms with Gasteiger partial charge in [0.05, 0.1) is 5.69 Å². The summed E-state index contributed by atoms with van der Waals surface area (Å²) in [6.07, 6.45) is 5.74. The fourth-order valence-corrected chi connectivity index (χ4v) is 2.50. The second kappa shape index (κ2) is 4.78. The number of aromatic nitrogens is 2. The van der Waals surface area contributed by atoms with Gasteiger partial charge in [0.1, 0.15) is 0 Å². The Hall–Kier alpha value is -2.10. The lowest BCUT2D eigenvalue weighted by Crippen LogP contribution is -2.40. The maximum Gasteiger partial charge on any atom is 0.320 e. The number of hydrogen-bond acceptors (Lipinski definition) is 2. The number of aryl methyl sites for hydroxylation is 2. The molecule has 1 aromatic carbocycles. The van der Waals surface area contributed by atoms with Crippen molar-refractivity contribution in [3.8, 4) is 5.69 Å². The van der Waals surface area contributed by atoms with E-state index in [1.807, 2.05) is 32.0 Å². The molecule has 2 aromatic rings. The predicted molar refractivity (Wildman–Crippen MR) is 78.5 cm³/mol. The fraction of sp³-hybridized carbons (Fsp3) is 0.375. The van der Waals surface area contributed by atoms with Crippen LogP contribution >= 0.6 is 0 Å². The first kappa shape index (κ1) is 12.9. The largest absolute Gasteiger partial charge is 0.320 e. The van der Waals surface area contributed by atoms with Gasteiger partial charge in [0.25, 0.3) is 0 Å². The molecule has 0 unspecified atom stereocenters. The summed E-state index contributed by atoms with van der Waals surface area (Å²) in [7, 11) is 0. The smallest absolute Gasteiger partial charge is 0.309 e. The van der Waals surface area contributed by atoms with Gasteiger partial charge in [-0.25, -0.2) is 0 Å². The van der Waals surface area contributed by atoms with Crippen LogP contribution in [0.15, 0.2) is 40.2 Å². The van der Waals surface area contributed by atoms with Gasteiger partial charge in [-0.15, -0.1) is 0 Å². The van der Waals surface area contributed by atoms with Gasteiger partial charge in [0.15, 0.2) is 0 Å². The van der Waals surface area contributed by atoms with Gasteiger partial charge in [0, 0.05) is 18.9 Å². The third-order valence-electron chi connectivity index (χ3n) is 3.82. The highest BCUT2D eigenvalue weighted by atomic mass is 16.2. The van der Waals surface area contributed by atoms with E-state index >= 15 is 0 Å². The molecule has 104 valence electrons. The van der Waals surface area contributed by atoms with Crippen molar-refractivity contribution in [1.82, 2.24) is 9.13 Å². The molecule has 1 aliphatic carbocycles. The Bertz CT molecular complexity index is 767. The Morgan fingerprint density at radius 3 is 2.50 bits per heavy atom. The van der Waals surface area contributed by atoms with Crippen LogP contribution in [-0.2, 0) is 6.54 Å². The van der Waals surface area contributed by atoms with Crippen molar-refractivity contribution < 1.29 is 0 Å². The minimum atomic E-state index is -0.472. The summed E-state index contributed by atoms with van der Waals surface area (Å²) in [5.41, 5.74) is 2.00. The minimum Gasteiger partial charge on any atom is -0.309 e. The van der Waals surface area contributed by atoms with Gasteiger partial charge in [-0.1, -0.05) is 17.7 Å². The number of hydrogen-bond donors (Lipinski definition) is 0. The number of rotatable bonds is 3. The molecule has 20 heavy (non-hydrogen) atoms. The topological polar surface area (TPSA) is 44.0 Å². The first-order chi connectivity index (χ1) is 9.56. The van der Waals surface area contributed by atoms with Crippen LogP contribution in [-0.4, -0.2) is 9.13 Å². The normalized spacial score (nSPS) is 14.5. The minimum absolute atomic E-state index is 0.431. The maximum atomic E-state index is 12.3. The van der Waals surface area contributed by atoms with Gasteiger partial charge >= 0.3 is 11.1 Å². The Kier molecular flexibility index (Phi) is 3.08. The summed E-state index contributed by atoms with van der Waals surface area (Å²) in [6, 6.07) is 5.85. The predicted octanol–water partition coefficient (Wildman–Crippen LogP) is 2.03. The van der Waals surface area contributed by atoms with Crippen molar-refractivity contribution in [2.75, 3.05) is 0 Å². The summed E-state index contributed by atoms with van der Waals surface area (Å²) in [5.74, 6) is 0.573. The van der Waals surface area contributed by atoms with E-state index in [9.17, 15) is 9.59 Å². The van der Waals surface area contributed by atoms with Crippen molar-refractivity contribution in [3.63, 3.8) is 0 Å². The van der Waals surface area contributed by atoms with Crippen LogP contribution in [0.3, 0.4) is 0 Å². The van der Waals surface area contributed by atoms with Crippen molar-refractivity contribution in [3.05, 3.63) is 62.4 Å². The highest BCUT2D eigenvalue weighted by Gasteiger charge is 2.22. The van der Waals surface area contributed by atoms with Crippen LogP contribution in [0.4, 0.5) is 0 Å². The molecular weight excluding hydrogens is 252 g/mol. The quantitative estimate of drug-likeness (QED) is 0.801. The van der Waals surface area contributed by atoms with Crippen molar-refractivity contribution in [2.24, 2.45) is 5.92 Å². The molecule has 4 heteroatoms. The Morgan fingerprint density at radius 2 is 1.85 bits per heavy atom. The highest BCUT2D eigenvalue weighted by molar-refractivity contribution is 5.42. The van der Waals surface area contributed by atoms with Crippen LogP contribution in [0.25, 0.3) is 5.69 Å². The summed E-state index contributed by atoms with van der Waals surface area (Å²) in [4.78, 5) is 24.4. The molecule has 0 bridgehead atoms. The lowest BCUT2D eigenvalue weighted by Gasteiger charge is -2.11. The van der Waals surface area contributed by atoms with E-state index in [4.69, 9.17) is 0 Å². The molecule has 1 saturated carbocycles. The molecule has 0 spiro atoms. The van der Waals surface area contributed by atoms with E-state index in [-0.39, 0.29) is 0 Å². The zero-order valence-electron chi connectivity index (χ0n) is 11.8. The molecule has 0 amide bonds. The second-order valence-electron chi connectivity index (χ2n) is 5.66. The van der Waals surface area contributed by atoms with Crippen molar-refractivity contribution >= 4 is 0 Å². The van der Waals surface area contributed by atoms with Crippen LogP contribution in [0.5, 0.6) is 0 Å². The van der Waals surface area contributed by atoms with E-state index < -0.39 is 11.1 Å².